The molecule has 0 radical (unpaired) electrons. The Morgan fingerprint density at radius 2 is 1.87 bits per heavy atom. The fourth-order valence-electron chi connectivity index (χ4n) is 3.12. The highest BCUT2D eigenvalue weighted by molar-refractivity contribution is 7.21. The Kier molecular flexibility index (Phi) is 7.20. The van der Waals surface area contributed by atoms with E-state index in [4.69, 9.17) is 9.15 Å². The van der Waals surface area contributed by atoms with Gasteiger partial charge in [0.2, 0.25) is 0 Å². The van der Waals surface area contributed by atoms with Crippen LogP contribution in [0.3, 0.4) is 0 Å². The molecule has 3 aromatic rings. The Labute approximate surface area is 177 Å². The predicted octanol–water partition coefficient (Wildman–Crippen LogP) is 3.70. The summed E-state index contributed by atoms with van der Waals surface area (Å²) in [6, 6.07) is 7.95. The Morgan fingerprint density at radius 3 is 2.57 bits per heavy atom. The van der Waals surface area contributed by atoms with Gasteiger partial charge in [-0.2, -0.15) is 0 Å². The summed E-state index contributed by atoms with van der Waals surface area (Å²) in [4.78, 5) is 27.4. The maximum atomic E-state index is 14.3. The third-order valence-electron chi connectivity index (χ3n) is 4.71. The van der Waals surface area contributed by atoms with Crippen molar-refractivity contribution < 1.29 is 23.1 Å². The molecule has 2 heterocycles. The lowest BCUT2D eigenvalue weighted by atomic mass is 10.1. The van der Waals surface area contributed by atoms with Crippen molar-refractivity contribution in [2.45, 2.75) is 27.0 Å². The summed E-state index contributed by atoms with van der Waals surface area (Å²) in [6.45, 7) is 6.51. The number of furan rings is 1. The molecule has 2 aromatic heterocycles. The molecule has 0 fully saturated rings. The minimum atomic E-state index is -0.574. The maximum absolute atomic E-state index is 14.3. The first-order chi connectivity index (χ1) is 14.5. The van der Waals surface area contributed by atoms with Crippen molar-refractivity contribution in [1.29, 1.82) is 0 Å². The number of hydrogen-bond donors (Lipinski definition) is 2. The molecule has 0 bridgehead atoms. The first kappa shape index (κ1) is 21.9. The largest absolute Gasteiger partial charge is 0.454 e. The number of amides is 2. The van der Waals surface area contributed by atoms with Gasteiger partial charge in [0.05, 0.1) is 13.2 Å². The third-order valence-corrected chi connectivity index (χ3v) is 5.90. The maximum Gasteiger partial charge on any atom is 0.305 e. The molecule has 160 valence electrons. The van der Waals surface area contributed by atoms with E-state index in [9.17, 15) is 14.0 Å². The third kappa shape index (κ3) is 4.69. The molecule has 2 amide bonds. The molecular formula is C21H24FN3O4S. The number of rotatable bonds is 8. The van der Waals surface area contributed by atoms with Crippen LogP contribution in [-0.2, 0) is 17.9 Å². The van der Waals surface area contributed by atoms with Crippen LogP contribution in [0.15, 0.2) is 34.7 Å². The monoisotopic (exact) mass is 433 g/mol. The predicted molar refractivity (Wildman–Crippen MR) is 113 cm³/mol. The zero-order valence-electron chi connectivity index (χ0n) is 17.1. The highest BCUT2D eigenvalue weighted by Crippen LogP contribution is 2.33. The van der Waals surface area contributed by atoms with Crippen LogP contribution in [0.1, 0.15) is 45.4 Å². The average Bonchev–Trinajstić information content (AvgIpc) is 3.36. The Hall–Kier alpha value is -2.75. The average molecular weight is 434 g/mol. The van der Waals surface area contributed by atoms with Crippen molar-refractivity contribution >= 4 is 33.2 Å². The number of nitrogens with one attached hydrogen (secondary N) is 2. The summed E-state index contributed by atoms with van der Waals surface area (Å²) < 4.78 is 25.6. The van der Waals surface area contributed by atoms with E-state index >= 15 is 0 Å². The number of hydrogen-bond acceptors (Lipinski definition) is 6. The van der Waals surface area contributed by atoms with Gasteiger partial charge >= 0.3 is 5.91 Å². The molecule has 30 heavy (non-hydrogen) atoms. The molecule has 0 atom stereocenters. The Balaban J connectivity index is 1.70. The summed E-state index contributed by atoms with van der Waals surface area (Å²) in [5.74, 6) is -0.787. The number of fused-ring (bicyclic) bond motifs is 1. The molecule has 0 unspecified atom stereocenters. The Bertz CT molecular complexity index is 1040. The van der Waals surface area contributed by atoms with Crippen LogP contribution in [0.2, 0.25) is 0 Å². The highest BCUT2D eigenvalue weighted by Gasteiger charge is 2.21. The van der Waals surface area contributed by atoms with Gasteiger partial charge in [-0.25, -0.2) is 4.39 Å². The first-order valence-corrected chi connectivity index (χ1v) is 10.4. The number of nitrogens with zero attached hydrogens (tertiary/aromatic N) is 1. The van der Waals surface area contributed by atoms with Crippen LogP contribution in [0.5, 0.6) is 0 Å². The van der Waals surface area contributed by atoms with Crippen LogP contribution >= 0.6 is 11.3 Å². The zero-order valence-corrected chi connectivity index (χ0v) is 17.9. The zero-order chi connectivity index (χ0) is 21.7. The van der Waals surface area contributed by atoms with Gasteiger partial charge < -0.3 is 9.15 Å². The van der Waals surface area contributed by atoms with E-state index in [1.807, 2.05) is 13.8 Å². The molecule has 2 N–H and O–H groups in total. The number of thiophene rings is 1. The lowest BCUT2D eigenvalue weighted by Gasteiger charge is -2.15. The van der Waals surface area contributed by atoms with Crippen LogP contribution < -0.4 is 10.9 Å². The lowest BCUT2D eigenvalue weighted by Crippen LogP contribution is -2.41. The van der Waals surface area contributed by atoms with E-state index < -0.39 is 17.6 Å². The summed E-state index contributed by atoms with van der Waals surface area (Å²) >= 11 is 1.14. The fraction of sp³-hybridized carbons (Fsp3) is 0.333. The van der Waals surface area contributed by atoms with E-state index in [-0.39, 0.29) is 17.2 Å². The van der Waals surface area contributed by atoms with Crippen molar-refractivity contribution in [3.8, 4) is 0 Å². The highest BCUT2D eigenvalue weighted by atomic mass is 32.1. The van der Waals surface area contributed by atoms with Gasteiger partial charge in [-0.15, -0.1) is 11.3 Å². The second-order valence-corrected chi connectivity index (χ2v) is 7.64. The molecule has 0 aliphatic heterocycles. The topological polar surface area (TPSA) is 83.8 Å². The quantitative estimate of drug-likeness (QED) is 0.530. The second kappa shape index (κ2) is 9.84. The van der Waals surface area contributed by atoms with E-state index in [0.717, 1.165) is 24.4 Å². The van der Waals surface area contributed by atoms with Gasteiger partial charge in [0.1, 0.15) is 16.5 Å². The molecule has 0 aliphatic rings. The summed E-state index contributed by atoms with van der Waals surface area (Å²) in [5, 5.41) is 0.355. The first-order valence-electron chi connectivity index (χ1n) is 9.59. The van der Waals surface area contributed by atoms with Gasteiger partial charge in [0, 0.05) is 22.8 Å². The summed E-state index contributed by atoms with van der Waals surface area (Å²) in [5.41, 5.74) is 5.16. The number of hydrazine groups is 1. The standard InChI is InChI=1S/C21H24FN3O4S/c1-4-25(5-2)11-13-9-10-16(29-13)20(26)23-24-21(27)19-14(12-28-3)18-15(22)7-6-8-17(18)30-19/h6-10H,4-5,11-12H2,1-3H3,(H,23,26)(H,24,27). The minimum absolute atomic E-state index is 0.0739. The van der Waals surface area contributed by atoms with Crippen molar-refractivity contribution in [2.24, 2.45) is 0 Å². The van der Waals surface area contributed by atoms with Crippen LogP contribution in [0.4, 0.5) is 4.39 Å². The van der Waals surface area contributed by atoms with Crippen molar-refractivity contribution in [3.63, 3.8) is 0 Å². The van der Waals surface area contributed by atoms with Crippen molar-refractivity contribution in [3.05, 3.63) is 58.1 Å². The number of carbonyl (C=O) groups is 2. The van der Waals surface area contributed by atoms with E-state index in [1.54, 1.807) is 24.3 Å². The van der Waals surface area contributed by atoms with Crippen LogP contribution in [0.25, 0.3) is 10.1 Å². The number of methoxy groups -OCH3 is 1. The lowest BCUT2D eigenvalue weighted by molar-refractivity contribution is 0.0829. The molecule has 7 nitrogen and oxygen atoms in total. The number of benzene rings is 1. The molecule has 0 saturated heterocycles. The fourth-order valence-corrected chi connectivity index (χ4v) is 4.23. The summed E-state index contributed by atoms with van der Waals surface area (Å²) in [6.07, 6.45) is 0. The molecule has 1 aromatic carbocycles. The van der Waals surface area contributed by atoms with Gasteiger partial charge in [-0.05, 0) is 37.4 Å². The van der Waals surface area contributed by atoms with Gasteiger partial charge in [-0.3, -0.25) is 25.3 Å². The van der Waals surface area contributed by atoms with Gasteiger partial charge in [-0.1, -0.05) is 19.9 Å². The number of halogens is 1. The smallest absolute Gasteiger partial charge is 0.305 e. The normalized spacial score (nSPS) is 11.2. The molecule has 3 rings (SSSR count). The van der Waals surface area contributed by atoms with Crippen LogP contribution in [-0.4, -0.2) is 36.9 Å². The van der Waals surface area contributed by atoms with Crippen molar-refractivity contribution in [1.82, 2.24) is 15.8 Å². The van der Waals surface area contributed by atoms with Gasteiger partial charge in [0.15, 0.2) is 5.76 Å². The molecule has 0 spiro atoms. The molecule has 0 saturated carbocycles. The van der Waals surface area contributed by atoms with E-state index in [1.165, 1.54) is 13.2 Å². The van der Waals surface area contributed by atoms with Crippen LogP contribution in [0, 0.1) is 5.82 Å². The van der Waals surface area contributed by atoms with Gasteiger partial charge in [0.25, 0.3) is 5.91 Å². The number of carbonyl (C=O) groups excluding carboxylic acids is 2. The second-order valence-electron chi connectivity index (χ2n) is 6.59. The summed E-state index contributed by atoms with van der Waals surface area (Å²) in [7, 11) is 1.47. The van der Waals surface area contributed by atoms with E-state index in [0.29, 0.717) is 28.0 Å². The van der Waals surface area contributed by atoms with Crippen molar-refractivity contribution in [2.75, 3.05) is 20.2 Å². The molecule has 0 aliphatic carbocycles. The SMILES string of the molecule is CCN(CC)Cc1ccc(C(=O)NNC(=O)c2sc3cccc(F)c3c2COC)o1. The molecular weight excluding hydrogens is 409 g/mol. The minimum Gasteiger partial charge on any atom is -0.454 e. The number of ether oxygens (including phenoxy) is 1. The van der Waals surface area contributed by atoms with E-state index in [2.05, 4.69) is 15.8 Å². The molecule has 9 heteroatoms. The Morgan fingerprint density at radius 1 is 1.13 bits per heavy atom.